The Kier molecular flexibility index (Phi) is 46.8. The SMILES string of the molecule is CC/C=C\C/C=C\C/C=C\C/C=C\C/C=C\CCCCCC(=O)OC(COC(=O)CCCCCCCCCCCCCCCCCCCCCCCC)COP(=O)(O)OCC(O)CO. The van der Waals surface area contributed by atoms with E-state index in [1.54, 1.807) is 0 Å². The van der Waals surface area contributed by atoms with Crippen LogP contribution in [0.2, 0.25) is 0 Å². The van der Waals surface area contributed by atoms with Crippen molar-refractivity contribution in [1.82, 2.24) is 0 Å². The van der Waals surface area contributed by atoms with Crippen molar-refractivity contribution < 1.29 is 47.8 Å². The van der Waals surface area contributed by atoms with Crippen molar-refractivity contribution in [3.8, 4) is 0 Å². The molecule has 0 bridgehead atoms. The zero-order valence-electron chi connectivity index (χ0n) is 40.7. The molecule has 3 atom stereocenters. The Hall–Kier alpha value is -2.33. The molecule has 0 fully saturated rings. The summed E-state index contributed by atoms with van der Waals surface area (Å²) in [5.74, 6) is -0.956. The van der Waals surface area contributed by atoms with Gasteiger partial charge in [-0.2, -0.15) is 0 Å². The quantitative estimate of drug-likeness (QED) is 0.0233. The van der Waals surface area contributed by atoms with Crippen molar-refractivity contribution in [1.29, 1.82) is 0 Å². The molecule has 10 nitrogen and oxygen atoms in total. The van der Waals surface area contributed by atoms with Crippen LogP contribution in [-0.4, -0.2) is 65.7 Å². The molecule has 0 spiro atoms. The van der Waals surface area contributed by atoms with Gasteiger partial charge in [-0.05, 0) is 57.8 Å². The van der Waals surface area contributed by atoms with E-state index in [-0.39, 0.29) is 19.4 Å². The zero-order chi connectivity index (χ0) is 46.9. The van der Waals surface area contributed by atoms with Gasteiger partial charge in [-0.25, -0.2) is 4.57 Å². The third-order valence-corrected chi connectivity index (χ3v) is 11.9. The van der Waals surface area contributed by atoms with Crippen molar-refractivity contribution >= 4 is 19.8 Å². The van der Waals surface area contributed by atoms with Gasteiger partial charge in [0.1, 0.15) is 12.7 Å². The van der Waals surface area contributed by atoms with Crippen molar-refractivity contribution in [2.75, 3.05) is 26.4 Å². The van der Waals surface area contributed by atoms with Crippen LogP contribution >= 0.6 is 7.82 Å². The summed E-state index contributed by atoms with van der Waals surface area (Å²) in [4.78, 5) is 35.2. The van der Waals surface area contributed by atoms with E-state index >= 15 is 0 Å². The first kappa shape index (κ1) is 61.7. The zero-order valence-corrected chi connectivity index (χ0v) is 41.6. The molecule has 0 aliphatic carbocycles. The van der Waals surface area contributed by atoms with Crippen LogP contribution in [0.4, 0.5) is 0 Å². The summed E-state index contributed by atoms with van der Waals surface area (Å²) >= 11 is 0. The lowest BCUT2D eigenvalue weighted by Gasteiger charge is -2.20. The van der Waals surface area contributed by atoms with E-state index < -0.39 is 51.8 Å². The summed E-state index contributed by atoms with van der Waals surface area (Å²) in [7, 11) is -4.63. The van der Waals surface area contributed by atoms with E-state index in [9.17, 15) is 24.2 Å². The Morgan fingerprint density at radius 1 is 0.484 bits per heavy atom. The molecule has 3 unspecified atom stereocenters. The van der Waals surface area contributed by atoms with Gasteiger partial charge in [-0.1, -0.05) is 216 Å². The Morgan fingerprint density at radius 2 is 0.859 bits per heavy atom. The summed E-state index contributed by atoms with van der Waals surface area (Å²) in [5, 5.41) is 18.4. The fourth-order valence-corrected chi connectivity index (χ4v) is 7.81. The van der Waals surface area contributed by atoms with Crippen LogP contribution in [0, 0.1) is 0 Å². The van der Waals surface area contributed by atoms with Gasteiger partial charge in [0.05, 0.1) is 19.8 Å². The third kappa shape index (κ3) is 47.6. The molecule has 0 aliphatic rings. The van der Waals surface area contributed by atoms with Gasteiger partial charge in [-0.15, -0.1) is 0 Å². The highest BCUT2D eigenvalue weighted by Gasteiger charge is 2.27. The largest absolute Gasteiger partial charge is 0.472 e. The molecule has 0 saturated carbocycles. The predicted octanol–water partition coefficient (Wildman–Crippen LogP) is 14.6. The first-order valence-electron chi connectivity index (χ1n) is 25.7. The molecule has 0 aliphatic heterocycles. The van der Waals surface area contributed by atoms with Crippen molar-refractivity contribution in [3.05, 3.63) is 60.8 Å². The van der Waals surface area contributed by atoms with Gasteiger partial charge in [-0.3, -0.25) is 18.6 Å². The second-order valence-corrected chi connectivity index (χ2v) is 18.6. The van der Waals surface area contributed by atoms with Crippen molar-refractivity contribution in [2.45, 2.75) is 238 Å². The van der Waals surface area contributed by atoms with Crippen LogP contribution in [0.3, 0.4) is 0 Å². The number of phosphoric acid groups is 1. The lowest BCUT2D eigenvalue weighted by Crippen LogP contribution is -2.29. The van der Waals surface area contributed by atoms with E-state index in [4.69, 9.17) is 23.6 Å². The number of esters is 2. The Morgan fingerprint density at radius 3 is 1.30 bits per heavy atom. The van der Waals surface area contributed by atoms with Crippen molar-refractivity contribution in [3.63, 3.8) is 0 Å². The number of hydrogen-bond donors (Lipinski definition) is 3. The number of hydrogen-bond acceptors (Lipinski definition) is 9. The second-order valence-electron chi connectivity index (χ2n) is 17.2. The molecule has 0 rings (SSSR count). The predicted molar refractivity (Wildman–Crippen MR) is 265 cm³/mol. The summed E-state index contributed by atoms with van der Waals surface area (Å²) in [6.45, 7) is 2.26. The fraction of sp³-hybridized carbons (Fsp3) is 0.774. The maximum Gasteiger partial charge on any atom is 0.472 e. The smallest absolute Gasteiger partial charge is 0.462 e. The number of ether oxygens (including phenoxy) is 2. The van der Waals surface area contributed by atoms with Gasteiger partial charge in [0, 0.05) is 12.8 Å². The summed E-state index contributed by atoms with van der Waals surface area (Å²) in [6, 6.07) is 0. The molecule has 0 aromatic heterocycles. The van der Waals surface area contributed by atoms with Gasteiger partial charge >= 0.3 is 19.8 Å². The maximum atomic E-state index is 12.7. The van der Waals surface area contributed by atoms with Crippen LogP contribution in [0.5, 0.6) is 0 Å². The first-order valence-corrected chi connectivity index (χ1v) is 27.2. The average molecular weight is 923 g/mol. The molecule has 64 heavy (non-hydrogen) atoms. The molecular formula is C53H95O10P. The lowest BCUT2D eigenvalue weighted by molar-refractivity contribution is -0.161. The Labute approximate surface area is 391 Å². The normalized spacial score (nSPS) is 14.1. The molecule has 3 N–H and O–H groups in total. The number of carbonyl (C=O) groups excluding carboxylic acids is 2. The average Bonchev–Trinajstić information content (AvgIpc) is 3.28. The van der Waals surface area contributed by atoms with Gasteiger partial charge in [0.2, 0.25) is 0 Å². The lowest BCUT2D eigenvalue weighted by atomic mass is 10.0. The number of phosphoric ester groups is 1. The first-order chi connectivity index (χ1) is 31.2. The maximum absolute atomic E-state index is 12.7. The highest BCUT2D eigenvalue weighted by Crippen LogP contribution is 2.43. The van der Waals surface area contributed by atoms with Crippen LogP contribution in [0.15, 0.2) is 60.8 Å². The van der Waals surface area contributed by atoms with Gasteiger partial charge in [0.25, 0.3) is 0 Å². The standard InChI is InChI=1S/C53H95O10P/c1-3-5-7-9-11-13-15-17-19-21-23-24-25-27-28-30-32-34-36-38-40-42-44-52(56)60-48-51(49-62-64(58,59)61-47-50(55)46-54)63-53(57)45-43-41-39-37-35-33-31-29-26-22-20-18-16-14-12-10-8-6-4-2/h6,8,12,14,18,20,26,29,33,35,50-51,54-55H,3-5,7,9-11,13,15-17,19,21-25,27-28,30-32,34,36-49H2,1-2H3,(H,58,59)/b8-6-,14-12-,20-18-,29-26-,35-33-. The van der Waals surface area contributed by atoms with Crippen LogP contribution in [0.25, 0.3) is 0 Å². The van der Waals surface area contributed by atoms with E-state index in [1.165, 1.54) is 116 Å². The summed E-state index contributed by atoms with van der Waals surface area (Å²) in [5.41, 5.74) is 0. The second kappa shape index (κ2) is 48.6. The van der Waals surface area contributed by atoms with Gasteiger partial charge in [0.15, 0.2) is 6.10 Å². The van der Waals surface area contributed by atoms with Gasteiger partial charge < -0.3 is 24.6 Å². The molecular weight excluding hydrogens is 828 g/mol. The van der Waals surface area contributed by atoms with E-state index in [0.29, 0.717) is 12.8 Å². The molecule has 0 radical (unpaired) electrons. The van der Waals surface area contributed by atoms with Crippen molar-refractivity contribution in [2.24, 2.45) is 0 Å². The summed E-state index contributed by atoms with van der Waals surface area (Å²) < 4.78 is 32.8. The summed E-state index contributed by atoms with van der Waals surface area (Å²) in [6.07, 6.45) is 56.2. The fourth-order valence-electron chi connectivity index (χ4n) is 7.02. The Bertz CT molecular complexity index is 1250. The number of aliphatic hydroxyl groups is 2. The Balaban J connectivity index is 4.21. The van der Waals surface area contributed by atoms with E-state index in [2.05, 4.69) is 74.6 Å². The number of rotatable bonds is 48. The number of unbranched alkanes of at least 4 members (excludes halogenated alkanes) is 24. The molecule has 0 aromatic carbocycles. The number of aliphatic hydroxyl groups excluding tert-OH is 2. The minimum absolute atomic E-state index is 0.144. The minimum atomic E-state index is -4.63. The van der Waals surface area contributed by atoms with E-state index in [0.717, 1.165) is 70.6 Å². The molecule has 0 aromatic rings. The monoisotopic (exact) mass is 923 g/mol. The minimum Gasteiger partial charge on any atom is -0.462 e. The molecule has 0 amide bonds. The van der Waals surface area contributed by atoms with Crippen LogP contribution in [-0.2, 0) is 32.7 Å². The third-order valence-electron chi connectivity index (χ3n) is 10.9. The highest BCUT2D eigenvalue weighted by molar-refractivity contribution is 7.47. The molecule has 0 saturated heterocycles. The topological polar surface area (TPSA) is 149 Å². The molecule has 372 valence electrons. The van der Waals surface area contributed by atoms with Crippen LogP contribution < -0.4 is 0 Å². The van der Waals surface area contributed by atoms with Crippen LogP contribution in [0.1, 0.15) is 226 Å². The van der Waals surface area contributed by atoms with E-state index in [1.807, 2.05) is 0 Å². The number of carbonyl (C=O) groups is 2. The molecule has 0 heterocycles. The highest BCUT2D eigenvalue weighted by atomic mass is 31.2. The molecule has 11 heteroatoms. The number of allylic oxidation sites excluding steroid dienone is 10.